The molecule has 7 nitrogen and oxygen atoms in total. The van der Waals surface area contributed by atoms with Gasteiger partial charge in [0.1, 0.15) is 5.58 Å². The van der Waals surface area contributed by atoms with Crippen molar-refractivity contribution >= 4 is 28.5 Å². The Morgan fingerprint density at radius 2 is 1.89 bits per heavy atom. The number of carbonyl (C=O) groups excluding carboxylic acids is 2. The molecule has 3 aromatic rings. The number of benzene rings is 2. The Morgan fingerprint density at radius 1 is 1.11 bits per heavy atom. The summed E-state index contributed by atoms with van der Waals surface area (Å²) in [5, 5.41) is 3.75. The van der Waals surface area contributed by atoms with Crippen molar-refractivity contribution in [3.05, 3.63) is 54.3 Å². The molecule has 1 N–H and O–H groups in total. The van der Waals surface area contributed by atoms with Gasteiger partial charge in [0.05, 0.1) is 20.3 Å². The number of amides is 2. The maximum atomic E-state index is 12.5. The van der Waals surface area contributed by atoms with Crippen LogP contribution in [-0.2, 0) is 4.79 Å². The number of anilines is 1. The fourth-order valence-electron chi connectivity index (χ4n) is 3.40. The van der Waals surface area contributed by atoms with Gasteiger partial charge in [-0.15, -0.1) is 0 Å². The third kappa shape index (κ3) is 3.26. The second kappa shape index (κ2) is 7.26. The average Bonchev–Trinajstić information content (AvgIpc) is 3.30. The van der Waals surface area contributed by atoms with Gasteiger partial charge in [0, 0.05) is 30.1 Å². The van der Waals surface area contributed by atoms with Gasteiger partial charge < -0.3 is 24.1 Å². The highest BCUT2D eigenvalue weighted by Gasteiger charge is 2.32. The number of methoxy groups -OCH3 is 2. The number of para-hydroxylation sites is 1. The molecule has 7 heteroatoms. The first-order valence-electron chi connectivity index (χ1n) is 8.91. The van der Waals surface area contributed by atoms with Gasteiger partial charge in [-0.05, 0) is 24.3 Å². The van der Waals surface area contributed by atoms with E-state index in [2.05, 4.69) is 5.32 Å². The Labute approximate surface area is 161 Å². The van der Waals surface area contributed by atoms with Crippen molar-refractivity contribution in [1.29, 1.82) is 0 Å². The maximum Gasteiger partial charge on any atom is 0.287 e. The molecule has 1 aliphatic heterocycles. The molecule has 1 saturated heterocycles. The molecule has 1 atom stereocenters. The number of fused-ring (bicyclic) bond motifs is 1. The highest BCUT2D eigenvalue weighted by molar-refractivity contribution is 5.99. The number of nitrogens with one attached hydrogen (secondary N) is 1. The molecule has 0 spiro atoms. The lowest BCUT2D eigenvalue weighted by molar-refractivity contribution is -0.117. The van der Waals surface area contributed by atoms with Crippen LogP contribution in [0.25, 0.3) is 11.0 Å². The van der Waals surface area contributed by atoms with Gasteiger partial charge in [0.25, 0.3) is 5.91 Å². The summed E-state index contributed by atoms with van der Waals surface area (Å²) in [6.45, 7) is 0.375. The molecule has 144 valence electrons. The topological polar surface area (TPSA) is 81.0 Å². The molecule has 2 heterocycles. The van der Waals surface area contributed by atoms with Crippen molar-refractivity contribution in [3.8, 4) is 11.5 Å². The zero-order valence-corrected chi connectivity index (χ0v) is 15.6. The quantitative estimate of drug-likeness (QED) is 0.736. The molecule has 0 aliphatic carbocycles. The Bertz CT molecular complexity index is 1010. The molecular weight excluding hydrogens is 360 g/mol. The molecule has 1 fully saturated rings. The summed E-state index contributed by atoms with van der Waals surface area (Å²) in [6.07, 6.45) is 0.223. The van der Waals surface area contributed by atoms with E-state index < -0.39 is 0 Å². The molecule has 2 amide bonds. The van der Waals surface area contributed by atoms with Gasteiger partial charge in [-0.2, -0.15) is 0 Å². The van der Waals surface area contributed by atoms with Gasteiger partial charge in [0.2, 0.25) is 5.91 Å². The van der Waals surface area contributed by atoms with E-state index in [1.807, 2.05) is 24.3 Å². The predicted octanol–water partition coefficient (Wildman–Crippen LogP) is 2.99. The SMILES string of the molecule is COc1ccc(N2CC(NC(=O)c3cc4ccccc4o3)CC2=O)cc1OC. The lowest BCUT2D eigenvalue weighted by Crippen LogP contribution is -2.37. The molecule has 1 unspecified atom stereocenters. The molecule has 28 heavy (non-hydrogen) atoms. The monoisotopic (exact) mass is 380 g/mol. The standard InChI is InChI=1S/C21H20N2O5/c1-26-17-8-7-15(11-18(17)27-2)23-12-14(10-20(23)24)22-21(25)19-9-13-5-3-4-6-16(13)28-19/h3-9,11,14H,10,12H2,1-2H3,(H,22,25). The molecule has 0 bridgehead atoms. The highest BCUT2D eigenvalue weighted by Crippen LogP contribution is 2.33. The van der Waals surface area contributed by atoms with Crippen LogP contribution in [0.1, 0.15) is 17.0 Å². The maximum absolute atomic E-state index is 12.5. The number of ether oxygens (including phenoxy) is 2. The average molecular weight is 380 g/mol. The molecule has 2 aromatic carbocycles. The number of carbonyl (C=O) groups is 2. The molecule has 4 rings (SSSR count). The van der Waals surface area contributed by atoms with E-state index in [1.165, 1.54) is 0 Å². The van der Waals surface area contributed by atoms with Crippen molar-refractivity contribution < 1.29 is 23.5 Å². The van der Waals surface area contributed by atoms with E-state index in [0.29, 0.717) is 29.3 Å². The van der Waals surface area contributed by atoms with Crippen molar-refractivity contribution in [1.82, 2.24) is 5.32 Å². The van der Waals surface area contributed by atoms with Crippen LogP contribution >= 0.6 is 0 Å². The summed E-state index contributed by atoms with van der Waals surface area (Å²) in [5.74, 6) is 0.971. The van der Waals surface area contributed by atoms with E-state index >= 15 is 0 Å². The van der Waals surface area contributed by atoms with Crippen LogP contribution in [0.15, 0.2) is 52.9 Å². The highest BCUT2D eigenvalue weighted by atomic mass is 16.5. The minimum absolute atomic E-state index is 0.0675. The molecule has 0 saturated carbocycles. The van der Waals surface area contributed by atoms with Crippen molar-refractivity contribution in [3.63, 3.8) is 0 Å². The van der Waals surface area contributed by atoms with Gasteiger partial charge in [-0.3, -0.25) is 9.59 Å². The summed E-state index contributed by atoms with van der Waals surface area (Å²) < 4.78 is 16.1. The van der Waals surface area contributed by atoms with E-state index in [-0.39, 0.29) is 30.0 Å². The zero-order valence-electron chi connectivity index (χ0n) is 15.6. The van der Waals surface area contributed by atoms with Gasteiger partial charge in [-0.25, -0.2) is 0 Å². The lowest BCUT2D eigenvalue weighted by atomic mass is 10.2. The van der Waals surface area contributed by atoms with E-state index in [9.17, 15) is 9.59 Å². The summed E-state index contributed by atoms with van der Waals surface area (Å²) in [4.78, 5) is 26.6. The first-order valence-corrected chi connectivity index (χ1v) is 8.91. The number of rotatable bonds is 5. The normalized spacial score (nSPS) is 16.4. The van der Waals surface area contributed by atoms with Gasteiger partial charge in [-0.1, -0.05) is 18.2 Å². The largest absolute Gasteiger partial charge is 0.493 e. The minimum Gasteiger partial charge on any atom is -0.493 e. The summed E-state index contributed by atoms with van der Waals surface area (Å²) in [6, 6.07) is 14.1. The third-order valence-corrected chi connectivity index (χ3v) is 4.79. The zero-order chi connectivity index (χ0) is 19.7. The van der Waals surface area contributed by atoms with Crippen LogP contribution in [-0.4, -0.2) is 38.6 Å². The fraction of sp³-hybridized carbons (Fsp3) is 0.238. The number of furan rings is 1. The Hall–Kier alpha value is -3.48. The van der Waals surface area contributed by atoms with Crippen LogP contribution in [0.5, 0.6) is 11.5 Å². The Morgan fingerprint density at radius 3 is 2.64 bits per heavy atom. The fourth-order valence-corrected chi connectivity index (χ4v) is 3.40. The summed E-state index contributed by atoms with van der Waals surface area (Å²) >= 11 is 0. The Balaban J connectivity index is 1.48. The van der Waals surface area contributed by atoms with Crippen LogP contribution in [0.2, 0.25) is 0 Å². The first-order chi connectivity index (χ1) is 13.6. The molecule has 1 aromatic heterocycles. The van der Waals surface area contributed by atoms with E-state index in [1.54, 1.807) is 43.4 Å². The van der Waals surface area contributed by atoms with Crippen molar-refractivity contribution in [2.45, 2.75) is 12.5 Å². The van der Waals surface area contributed by atoms with Crippen LogP contribution < -0.4 is 19.7 Å². The molecule has 1 aliphatic rings. The van der Waals surface area contributed by atoms with Crippen LogP contribution in [0.4, 0.5) is 5.69 Å². The summed E-state index contributed by atoms with van der Waals surface area (Å²) in [5.41, 5.74) is 1.35. The van der Waals surface area contributed by atoms with Gasteiger partial charge >= 0.3 is 0 Å². The molecule has 0 radical (unpaired) electrons. The smallest absolute Gasteiger partial charge is 0.287 e. The predicted molar refractivity (Wildman–Crippen MR) is 104 cm³/mol. The van der Waals surface area contributed by atoms with Crippen LogP contribution in [0.3, 0.4) is 0 Å². The second-order valence-electron chi connectivity index (χ2n) is 6.57. The first kappa shape index (κ1) is 17.9. The lowest BCUT2D eigenvalue weighted by Gasteiger charge is -2.18. The number of nitrogens with zero attached hydrogens (tertiary/aromatic N) is 1. The minimum atomic E-state index is -0.330. The Kier molecular flexibility index (Phi) is 4.65. The van der Waals surface area contributed by atoms with E-state index in [0.717, 1.165) is 5.39 Å². The number of hydrogen-bond acceptors (Lipinski definition) is 5. The number of hydrogen-bond donors (Lipinski definition) is 1. The van der Waals surface area contributed by atoms with E-state index in [4.69, 9.17) is 13.9 Å². The van der Waals surface area contributed by atoms with Crippen molar-refractivity contribution in [2.75, 3.05) is 25.7 Å². The second-order valence-corrected chi connectivity index (χ2v) is 6.57. The van der Waals surface area contributed by atoms with Crippen LogP contribution in [0, 0.1) is 0 Å². The summed E-state index contributed by atoms with van der Waals surface area (Å²) in [7, 11) is 3.10. The van der Waals surface area contributed by atoms with Crippen molar-refractivity contribution in [2.24, 2.45) is 0 Å². The van der Waals surface area contributed by atoms with Gasteiger partial charge in [0.15, 0.2) is 17.3 Å². The molecular formula is C21H20N2O5. The third-order valence-electron chi connectivity index (χ3n) is 4.79.